The number of aromatic amines is 1. The van der Waals surface area contributed by atoms with Crippen molar-refractivity contribution in [3.63, 3.8) is 0 Å². The van der Waals surface area contributed by atoms with Crippen molar-refractivity contribution < 1.29 is 4.79 Å². The summed E-state index contributed by atoms with van der Waals surface area (Å²) in [5.74, 6) is 2.32. The Morgan fingerprint density at radius 2 is 2.31 bits per heavy atom. The zero-order valence-corrected chi connectivity index (χ0v) is 7.88. The molecule has 0 unspecified atom stereocenters. The first kappa shape index (κ1) is 8.55. The van der Waals surface area contributed by atoms with E-state index < -0.39 is 0 Å². The third kappa shape index (κ3) is 1.82. The highest BCUT2D eigenvalue weighted by atomic mass is 32.2. The minimum atomic E-state index is -0.0437. The van der Waals surface area contributed by atoms with Crippen molar-refractivity contribution in [1.82, 2.24) is 20.1 Å². The van der Waals surface area contributed by atoms with Gasteiger partial charge in [0.2, 0.25) is 5.82 Å². The van der Waals surface area contributed by atoms with Gasteiger partial charge in [0.25, 0.3) is 5.91 Å². The topological polar surface area (TPSA) is 61.9 Å². The number of H-pyrrole nitrogens is 1. The van der Waals surface area contributed by atoms with E-state index in [2.05, 4.69) is 15.2 Å². The van der Waals surface area contributed by atoms with Crippen LogP contribution in [0.25, 0.3) is 0 Å². The number of carbonyl (C=O) groups excluding carboxylic acids is 1. The summed E-state index contributed by atoms with van der Waals surface area (Å²) in [5, 5.41) is 6.22. The first-order chi connectivity index (χ1) is 6.38. The van der Waals surface area contributed by atoms with Gasteiger partial charge in [-0.05, 0) is 0 Å². The molecular formula is C7H10N4OS. The van der Waals surface area contributed by atoms with E-state index in [9.17, 15) is 4.79 Å². The van der Waals surface area contributed by atoms with Crippen molar-refractivity contribution >= 4 is 17.7 Å². The number of thioether (sulfide) groups is 1. The third-order valence-corrected chi connectivity index (χ3v) is 2.86. The molecule has 0 aromatic carbocycles. The average molecular weight is 198 g/mol. The second-order valence-corrected chi connectivity index (χ2v) is 3.96. The Morgan fingerprint density at radius 3 is 2.92 bits per heavy atom. The van der Waals surface area contributed by atoms with Crippen molar-refractivity contribution in [2.75, 3.05) is 24.6 Å². The van der Waals surface area contributed by atoms with E-state index in [-0.39, 0.29) is 5.91 Å². The van der Waals surface area contributed by atoms with E-state index in [0.717, 1.165) is 24.6 Å². The maximum Gasteiger partial charge on any atom is 0.291 e. The van der Waals surface area contributed by atoms with Gasteiger partial charge in [-0.3, -0.25) is 9.89 Å². The van der Waals surface area contributed by atoms with Crippen LogP contribution in [0, 0.1) is 0 Å². The van der Waals surface area contributed by atoms with Crippen LogP contribution in [-0.4, -0.2) is 50.6 Å². The highest BCUT2D eigenvalue weighted by Crippen LogP contribution is 2.10. The average Bonchev–Trinajstić information content (AvgIpc) is 2.71. The minimum absolute atomic E-state index is 0.0437. The van der Waals surface area contributed by atoms with E-state index in [1.165, 1.54) is 6.33 Å². The number of carbonyl (C=O) groups is 1. The van der Waals surface area contributed by atoms with Crippen LogP contribution in [0.2, 0.25) is 0 Å². The molecule has 70 valence electrons. The van der Waals surface area contributed by atoms with Crippen LogP contribution >= 0.6 is 11.8 Å². The number of rotatable bonds is 1. The molecular weight excluding hydrogens is 188 g/mol. The predicted molar refractivity (Wildman–Crippen MR) is 49.6 cm³/mol. The first-order valence-electron chi connectivity index (χ1n) is 4.10. The Bertz CT molecular complexity index is 281. The molecule has 5 nitrogen and oxygen atoms in total. The fourth-order valence-corrected chi connectivity index (χ4v) is 2.13. The second-order valence-electron chi connectivity index (χ2n) is 2.74. The quantitative estimate of drug-likeness (QED) is 0.689. The molecule has 13 heavy (non-hydrogen) atoms. The lowest BCUT2D eigenvalue weighted by Crippen LogP contribution is -2.38. The summed E-state index contributed by atoms with van der Waals surface area (Å²) in [5.41, 5.74) is 0. The lowest BCUT2D eigenvalue weighted by molar-refractivity contribution is 0.0760. The summed E-state index contributed by atoms with van der Waals surface area (Å²) in [6.45, 7) is 1.62. The zero-order valence-electron chi connectivity index (χ0n) is 7.06. The minimum Gasteiger partial charge on any atom is -0.334 e. The molecule has 1 aliphatic rings. The maximum atomic E-state index is 11.6. The smallest absolute Gasteiger partial charge is 0.291 e. The van der Waals surface area contributed by atoms with Crippen molar-refractivity contribution in [3.05, 3.63) is 12.2 Å². The normalized spacial score (nSPS) is 17.4. The molecule has 0 radical (unpaired) electrons. The Balaban J connectivity index is 2.04. The van der Waals surface area contributed by atoms with Gasteiger partial charge in [-0.25, -0.2) is 4.98 Å². The molecule has 0 spiro atoms. The summed E-state index contributed by atoms with van der Waals surface area (Å²) >= 11 is 1.87. The molecule has 1 aliphatic heterocycles. The zero-order chi connectivity index (χ0) is 9.10. The fourth-order valence-electron chi connectivity index (χ4n) is 1.22. The molecule has 1 fully saturated rings. The molecule has 0 atom stereocenters. The molecule has 6 heteroatoms. The van der Waals surface area contributed by atoms with E-state index in [1.54, 1.807) is 4.90 Å². The second kappa shape index (κ2) is 3.78. The Hall–Kier alpha value is -1.04. The monoisotopic (exact) mass is 198 g/mol. The van der Waals surface area contributed by atoms with Gasteiger partial charge in [-0.1, -0.05) is 0 Å². The summed E-state index contributed by atoms with van der Waals surface area (Å²) in [6.07, 6.45) is 1.35. The van der Waals surface area contributed by atoms with E-state index >= 15 is 0 Å². The number of hydrogen-bond donors (Lipinski definition) is 1. The standard InChI is InChI=1S/C7H10N4OS/c12-7(6-8-5-9-10-6)11-1-3-13-4-2-11/h5H,1-4H2,(H,8,9,10). The number of nitrogens with zero attached hydrogens (tertiary/aromatic N) is 3. The van der Waals surface area contributed by atoms with Crippen LogP contribution in [0.3, 0.4) is 0 Å². The van der Waals surface area contributed by atoms with Gasteiger partial charge in [0.15, 0.2) is 0 Å². The van der Waals surface area contributed by atoms with E-state index in [0.29, 0.717) is 5.82 Å². The molecule has 1 aromatic heterocycles. The van der Waals surface area contributed by atoms with Crippen LogP contribution in [0.4, 0.5) is 0 Å². The van der Waals surface area contributed by atoms with Gasteiger partial charge < -0.3 is 4.90 Å². The van der Waals surface area contributed by atoms with E-state index in [4.69, 9.17) is 0 Å². The van der Waals surface area contributed by atoms with Gasteiger partial charge in [0, 0.05) is 24.6 Å². The molecule has 1 aromatic rings. The van der Waals surface area contributed by atoms with Crippen LogP contribution < -0.4 is 0 Å². The predicted octanol–water partition coefficient (Wildman–Crippen LogP) is -0.00630. The summed E-state index contributed by atoms with van der Waals surface area (Å²) in [6, 6.07) is 0. The SMILES string of the molecule is O=C(c1ncn[nH]1)N1CCSCC1. The molecule has 2 rings (SSSR count). The molecule has 0 aliphatic carbocycles. The highest BCUT2D eigenvalue weighted by Gasteiger charge is 2.19. The Morgan fingerprint density at radius 1 is 1.54 bits per heavy atom. The molecule has 1 amide bonds. The van der Waals surface area contributed by atoms with Crippen molar-refractivity contribution in [2.24, 2.45) is 0 Å². The summed E-state index contributed by atoms with van der Waals surface area (Å²) < 4.78 is 0. The number of nitrogens with one attached hydrogen (secondary N) is 1. The first-order valence-corrected chi connectivity index (χ1v) is 5.26. The van der Waals surface area contributed by atoms with Crippen molar-refractivity contribution in [2.45, 2.75) is 0 Å². The van der Waals surface area contributed by atoms with Gasteiger partial charge >= 0.3 is 0 Å². The van der Waals surface area contributed by atoms with Gasteiger partial charge in [0.05, 0.1) is 0 Å². The lowest BCUT2D eigenvalue weighted by Gasteiger charge is -2.25. The Kier molecular flexibility index (Phi) is 2.49. The van der Waals surface area contributed by atoms with Crippen LogP contribution in [0.5, 0.6) is 0 Å². The third-order valence-electron chi connectivity index (χ3n) is 1.92. The molecule has 1 N–H and O–H groups in total. The molecule has 0 saturated carbocycles. The van der Waals surface area contributed by atoms with Crippen molar-refractivity contribution in [3.8, 4) is 0 Å². The van der Waals surface area contributed by atoms with E-state index in [1.807, 2.05) is 11.8 Å². The van der Waals surface area contributed by atoms with Crippen LogP contribution in [0.15, 0.2) is 6.33 Å². The molecule has 1 saturated heterocycles. The van der Waals surface area contributed by atoms with Gasteiger partial charge in [-0.15, -0.1) is 0 Å². The largest absolute Gasteiger partial charge is 0.334 e. The maximum absolute atomic E-state index is 11.6. The number of amides is 1. The van der Waals surface area contributed by atoms with Gasteiger partial charge in [-0.2, -0.15) is 16.9 Å². The number of hydrogen-bond acceptors (Lipinski definition) is 4. The summed E-state index contributed by atoms with van der Waals surface area (Å²) in [4.78, 5) is 17.3. The molecule has 0 bridgehead atoms. The number of aromatic nitrogens is 3. The molecule has 2 heterocycles. The highest BCUT2D eigenvalue weighted by molar-refractivity contribution is 7.99. The Labute approximate surface area is 79.9 Å². The fraction of sp³-hybridized carbons (Fsp3) is 0.571. The van der Waals surface area contributed by atoms with Crippen molar-refractivity contribution in [1.29, 1.82) is 0 Å². The van der Waals surface area contributed by atoms with Crippen LogP contribution in [0.1, 0.15) is 10.6 Å². The summed E-state index contributed by atoms with van der Waals surface area (Å²) in [7, 11) is 0. The van der Waals surface area contributed by atoms with Gasteiger partial charge in [0.1, 0.15) is 6.33 Å². The van der Waals surface area contributed by atoms with Crippen LogP contribution in [-0.2, 0) is 0 Å². The lowest BCUT2D eigenvalue weighted by atomic mass is 10.4.